The van der Waals surface area contributed by atoms with Crippen molar-refractivity contribution >= 4 is 0 Å². The van der Waals surface area contributed by atoms with E-state index >= 15 is 0 Å². The van der Waals surface area contributed by atoms with E-state index in [-0.39, 0.29) is 0 Å². The third kappa shape index (κ3) is 3.66. The Hall–Kier alpha value is -0.520. The average molecular weight is 109 g/mol. The number of hydrogen-bond acceptors (Lipinski definition) is 0. The van der Waals surface area contributed by atoms with Gasteiger partial charge in [-0.1, -0.05) is 37.6 Å². The first-order valence-corrected chi connectivity index (χ1v) is 3.03. The molecule has 0 aliphatic carbocycles. The Labute approximate surface area is 51.9 Å². The molecular weight excluding hydrogens is 96.1 g/mol. The average Bonchev–Trinajstić information content (AvgIpc) is 1.83. The third-order valence-electron chi connectivity index (χ3n) is 1.02. The van der Waals surface area contributed by atoms with Gasteiger partial charge >= 0.3 is 0 Å². The van der Waals surface area contributed by atoms with Crippen LogP contribution in [-0.2, 0) is 0 Å². The molecule has 0 saturated heterocycles. The van der Waals surface area contributed by atoms with Crippen LogP contribution in [0.1, 0.15) is 26.7 Å². The van der Waals surface area contributed by atoms with Crippen LogP contribution < -0.4 is 0 Å². The quantitative estimate of drug-likeness (QED) is 0.489. The standard InChI is InChI=1S/C8H13/c1-4-6-7-8(3)5-2/h2,5,7H,4,6H2,1,3H3. The van der Waals surface area contributed by atoms with Crippen LogP contribution in [0.25, 0.3) is 0 Å². The van der Waals surface area contributed by atoms with Gasteiger partial charge in [0.2, 0.25) is 0 Å². The lowest BCUT2D eigenvalue weighted by Crippen LogP contribution is -1.66. The first kappa shape index (κ1) is 7.48. The molecule has 0 heteroatoms. The van der Waals surface area contributed by atoms with E-state index < -0.39 is 0 Å². The number of allylic oxidation sites excluding steroid dienone is 3. The minimum atomic E-state index is 1.14. The summed E-state index contributed by atoms with van der Waals surface area (Å²) in [7, 11) is 0. The van der Waals surface area contributed by atoms with E-state index in [1.54, 1.807) is 6.08 Å². The second-order valence-corrected chi connectivity index (χ2v) is 1.90. The second-order valence-electron chi connectivity index (χ2n) is 1.90. The van der Waals surface area contributed by atoms with Gasteiger partial charge in [-0.2, -0.15) is 0 Å². The predicted octanol–water partition coefficient (Wildman–Crippen LogP) is 2.72. The van der Waals surface area contributed by atoms with E-state index in [9.17, 15) is 0 Å². The van der Waals surface area contributed by atoms with Crippen molar-refractivity contribution in [1.29, 1.82) is 0 Å². The van der Waals surface area contributed by atoms with Crippen LogP contribution in [0, 0.1) is 6.58 Å². The molecule has 0 amide bonds. The molecule has 8 heavy (non-hydrogen) atoms. The molecule has 0 aromatic carbocycles. The van der Waals surface area contributed by atoms with Crippen LogP contribution in [0.5, 0.6) is 0 Å². The molecule has 0 atom stereocenters. The highest BCUT2D eigenvalue weighted by molar-refractivity contribution is 5.10. The van der Waals surface area contributed by atoms with Gasteiger partial charge in [-0.05, 0) is 13.3 Å². The second kappa shape index (κ2) is 4.63. The highest BCUT2D eigenvalue weighted by Gasteiger charge is 1.76. The topological polar surface area (TPSA) is 0 Å². The maximum Gasteiger partial charge on any atom is -0.0348 e. The van der Waals surface area contributed by atoms with E-state index in [0.717, 1.165) is 6.42 Å². The summed E-state index contributed by atoms with van der Waals surface area (Å²) in [5.41, 5.74) is 1.17. The zero-order chi connectivity index (χ0) is 6.41. The van der Waals surface area contributed by atoms with Crippen LogP contribution in [0.2, 0.25) is 0 Å². The summed E-state index contributed by atoms with van der Waals surface area (Å²) >= 11 is 0. The first-order chi connectivity index (χ1) is 3.81. The summed E-state index contributed by atoms with van der Waals surface area (Å²) in [6.07, 6.45) is 6.11. The van der Waals surface area contributed by atoms with Crippen molar-refractivity contribution in [1.82, 2.24) is 0 Å². The normalized spacial score (nSPS) is 11.5. The Balaban J connectivity index is 3.40. The smallest absolute Gasteiger partial charge is 0.0348 e. The van der Waals surface area contributed by atoms with Crippen molar-refractivity contribution in [3.05, 3.63) is 24.3 Å². The summed E-state index contributed by atoms with van der Waals surface area (Å²) in [5, 5.41) is 0. The van der Waals surface area contributed by atoms with Crippen molar-refractivity contribution in [2.75, 3.05) is 0 Å². The van der Waals surface area contributed by atoms with Gasteiger partial charge < -0.3 is 0 Å². The fourth-order valence-corrected chi connectivity index (χ4v) is 0.440. The van der Waals surface area contributed by atoms with E-state index in [1.165, 1.54) is 12.0 Å². The van der Waals surface area contributed by atoms with Gasteiger partial charge in [0.05, 0.1) is 0 Å². The Kier molecular flexibility index (Phi) is 4.33. The van der Waals surface area contributed by atoms with Crippen LogP contribution in [0.15, 0.2) is 17.7 Å². The lowest BCUT2D eigenvalue weighted by atomic mass is 10.2. The van der Waals surface area contributed by atoms with Crippen molar-refractivity contribution < 1.29 is 0 Å². The summed E-state index contributed by atoms with van der Waals surface area (Å²) in [6, 6.07) is 0. The number of rotatable bonds is 3. The SMILES string of the molecule is [CH]=CC(C)=CCCC. The largest absolute Gasteiger partial charge is 0.0816 e. The maximum absolute atomic E-state index is 5.22. The Morgan fingerprint density at radius 2 is 2.25 bits per heavy atom. The molecule has 0 heterocycles. The van der Waals surface area contributed by atoms with E-state index in [0.29, 0.717) is 0 Å². The molecule has 0 nitrogen and oxygen atoms in total. The molecule has 0 spiro atoms. The van der Waals surface area contributed by atoms with Crippen molar-refractivity contribution in [3.63, 3.8) is 0 Å². The highest BCUT2D eigenvalue weighted by atomic mass is 13.8. The van der Waals surface area contributed by atoms with Gasteiger partial charge in [-0.15, -0.1) is 0 Å². The van der Waals surface area contributed by atoms with E-state index in [2.05, 4.69) is 13.0 Å². The molecule has 0 bridgehead atoms. The van der Waals surface area contributed by atoms with E-state index in [4.69, 9.17) is 6.58 Å². The zero-order valence-electron chi connectivity index (χ0n) is 5.65. The van der Waals surface area contributed by atoms with Gasteiger partial charge in [0.15, 0.2) is 0 Å². The summed E-state index contributed by atoms with van der Waals surface area (Å²) in [5.74, 6) is 0. The Bertz CT molecular complexity index is 88.2. The van der Waals surface area contributed by atoms with Crippen molar-refractivity contribution in [2.45, 2.75) is 26.7 Å². The van der Waals surface area contributed by atoms with E-state index in [1.807, 2.05) is 6.92 Å². The molecule has 0 aromatic heterocycles. The lowest BCUT2D eigenvalue weighted by molar-refractivity contribution is 0.952. The van der Waals surface area contributed by atoms with Gasteiger partial charge in [0.1, 0.15) is 0 Å². The molecule has 0 fully saturated rings. The van der Waals surface area contributed by atoms with Gasteiger partial charge in [0.25, 0.3) is 0 Å². The van der Waals surface area contributed by atoms with Crippen LogP contribution in [0.4, 0.5) is 0 Å². The zero-order valence-corrected chi connectivity index (χ0v) is 5.65. The monoisotopic (exact) mass is 109 g/mol. The van der Waals surface area contributed by atoms with Crippen LogP contribution in [-0.4, -0.2) is 0 Å². The Morgan fingerprint density at radius 3 is 2.62 bits per heavy atom. The molecule has 0 unspecified atom stereocenters. The molecule has 0 rings (SSSR count). The minimum absolute atomic E-state index is 1.14. The molecule has 1 radical (unpaired) electrons. The van der Waals surface area contributed by atoms with Crippen LogP contribution in [0.3, 0.4) is 0 Å². The Morgan fingerprint density at radius 1 is 1.62 bits per heavy atom. The molecule has 0 saturated carbocycles. The molecule has 0 aliphatic heterocycles. The lowest BCUT2D eigenvalue weighted by Gasteiger charge is -1.87. The third-order valence-corrected chi connectivity index (χ3v) is 1.02. The molecular formula is C8H13. The summed E-state index contributed by atoms with van der Waals surface area (Å²) in [6.45, 7) is 9.38. The summed E-state index contributed by atoms with van der Waals surface area (Å²) < 4.78 is 0. The predicted molar refractivity (Wildman–Crippen MR) is 37.5 cm³/mol. The number of hydrogen-bond donors (Lipinski definition) is 0. The molecule has 0 aromatic rings. The highest BCUT2D eigenvalue weighted by Crippen LogP contribution is 1.96. The van der Waals surface area contributed by atoms with Gasteiger partial charge in [-0.3, -0.25) is 0 Å². The fraction of sp³-hybridized carbons (Fsp3) is 0.500. The first-order valence-electron chi connectivity index (χ1n) is 3.03. The van der Waals surface area contributed by atoms with Crippen LogP contribution >= 0.6 is 0 Å². The van der Waals surface area contributed by atoms with Crippen molar-refractivity contribution in [3.8, 4) is 0 Å². The minimum Gasteiger partial charge on any atom is -0.0816 e. The van der Waals surface area contributed by atoms with Gasteiger partial charge in [0, 0.05) is 0 Å². The van der Waals surface area contributed by atoms with Gasteiger partial charge in [-0.25, -0.2) is 0 Å². The molecule has 0 N–H and O–H groups in total. The molecule has 0 aliphatic rings. The fourth-order valence-electron chi connectivity index (χ4n) is 0.440. The molecule has 45 valence electrons. The summed E-state index contributed by atoms with van der Waals surface area (Å²) in [4.78, 5) is 0. The number of unbranched alkanes of at least 4 members (excludes halogenated alkanes) is 1. The maximum atomic E-state index is 5.22. The van der Waals surface area contributed by atoms with Crippen molar-refractivity contribution in [2.24, 2.45) is 0 Å².